The number of benzene rings is 2. The van der Waals surface area contributed by atoms with Gasteiger partial charge in [0.2, 0.25) is 0 Å². The Morgan fingerprint density at radius 3 is 2.50 bits per heavy atom. The second-order valence-electron chi connectivity index (χ2n) is 9.65. The van der Waals surface area contributed by atoms with E-state index in [1.807, 2.05) is 18.2 Å². The van der Waals surface area contributed by atoms with E-state index >= 15 is 0 Å². The molecule has 7 heteroatoms. The first-order valence-corrected chi connectivity index (χ1v) is 12.5. The second-order valence-corrected chi connectivity index (χ2v) is 10.8. The molecule has 5 nitrogen and oxygen atoms in total. The molecule has 3 aromatic rings. The van der Waals surface area contributed by atoms with E-state index in [1.54, 1.807) is 23.5 Å². The highest BCUT2D eigenvalue weighted by atomic mass is 32.1. The van der Waals surface area contributed by atoms with Crippen LogP contribution >= 0.6 is 11.3 Å². The normalized spacial score (nSPS) is 30.4. The quantitative estimate of drug-likeness (QED) is 0.447. The molecule has 1 heterocycles. The zero-order chi connectivity index (χ0) is 24.0. The molecule has 2 aliphatic carbocycles. The van der Waals surface area contributed by atoms with Crippen molar-refractivity contribution in [3.8, 4) is 10.4 Å². The molecule has 0 saturated heterocycles. The van der Waals surface area contributed by atoms with Crippen molar-refractivity contribution >= 4 is 11.3 Å². The number of aliphatic hydroxyl groups is 3. The number of rotatable bonds is 6. The van der Waals surface area contributed by atoms with Gasteiger partial charge >= 0.3 is 0 Å². The van der Waals surface area contributed by atoms with Crippen LogP contribution in [0.1, 0.15) is 33.9 Å². The average Bonchev–Trinajstić information content (AvgIpc) is 3.47. The molecule has 0 aliphatic heterocycles. The van der Waals surface area contributed by atoms with Gasteiger partial charge in [0.1, 0.15) is 18.0 Å². The zero-order valence-corrected chi connectivity index (χ0v) is 19.7. The minimum atomic E-state index is -1.30. The van der Waals surface area contributed by atoms with E-state index in [-0.39, 0.29) is 30.2 Å². The predicted molar refractivity (Wildman–Crippen MR) is 130 cm³/mol. The third kappa shape index (κ3) is 4.22. The summed E-state index contributed by atoms with van der Waals surface area (Å²) in [6.07, 6.45) is -0.932. The van der Waals surface area contributed by atoms with Crippen molar-refractivity contribution in [2.75, 3.05) is 6.61 Å². The summed E-state index contributed by atoms with van der Waals surface area (Å²) in [5.74, 6) is -0.799. The Hall–Kier alpha value is -2.45. The standard InChI is InChI=1S/C27H28FNO4S/c1-14-2-3-16(24-21-12-20(21)22(13-30)26(31)27(32)25(24)29-33)10-17(14)11-19-8-9-23(34-19)15-4-6-18(28)7-5-15/h2-10,20-22,24-27,30-32H,11-13H2,1H3. The Labute approximate surface area is 201 Å². The van der Waals surface area contributed by atoms with Crippen LogP contribution in [0.5, 0.6) is 0 Å². The van der Waals surface area contributed by atoms with Gasteiger partial charge in [0.25, 0.3) is 0 Å². The zero-order valence-electron chi connectivity index (χ0n) is 18.8. The van der Waals surface area contributed by atoms with Gasteiger partial charge in [0.05, 0.1) is 6.10 Å². The second kappa shape index (κ2) is 9.30. The fraction of sp³-hybridized carbons (Fsp3) is 0.407. The smallest absolute Gasteiger partial charge is 0.127 e. The Bertz CT molecular complexity index is 1180. The molecule has 2 fully saturated rings. The van der Waals surface area contributed by atoms with Crippen molar-refractivity contribution in [2.45, 2.75) is 43.9 Å². The largest absolute Gasteiger partial charge is 0.396 e. The highest BCUT2D eigenvalue weighted by Crippen LogP contribution is 2.58. The number of aliphatic hydroxyl groups excluding tert-OH is 3. The highest BCUT2D eigenvalue weighted by Gasteiger charge is 2.58. The lowest BCUT2D eigenvalue weighted by molar-refractivity contribution is -0.0443. The van der Waals surface area contributed by atoms with E-state index < -0.39 is 24.2 Å². The van der Waals surface area contributed by atoms with Gasteiger partial charge in [0, 0.05) is 34.6 Å². The lowest BCUT2D eigenvalue weighted by atomic mass is 9.83. The molecule has 0 spiro atoms. The van der Waals surface area contributed by atoms with Gasteiger partial charge in [-0.05, 0) is 71.7 Å². The molecule has 2 aromatic carbocycles. The van der Waals surface area contributed by atoms with Crippen molar-refractivity contribution in [2.24, 2.45) is 22.9 Å². The Morgan fingerprint density at radius 1 is 1.03 bits per heavy atom. The van der Waals surface area contributed by atoms with Crippen LogP contribution in [0.2, 0.25) is 0 Å². The first-order valence-electron chi connectivity index (χ1n) is 11.6. The van der Waals surface area contributed by atoms with Gasteiger partial charge in [-0.25, -0.2) is 4.39 Å². The lowest BCUT2D eigenvalue weighted by Crippen LogP contribution is -2.43. The van der Waals surface area contributed by atoms with Crippen LogP contribution in [0.25, 0.3) is 10.4 Å². The lowest BCUT2D eigenvalue weighted by Gasteiger charge is -2.28. The summed E-state index contributed by atoms with van der Waals surface area (Å²) in [7, 11) is 0. The van der Waals surface area contributed by atoms with Crippen LogP contribution in [0.3, 0.4) is 0 Å². The third-order valence-corrected chi connectivity index (χ3v) is 8.79. The fourth-order valence-electron chi connectivity index (χ4n) is 5.65. The van der Waals surface area contributed by atoms with Crippen molar-refractivity contribution < 1.29 is 19.7 Å². The van der Waals surface area contributed by atoms with E-state index in [0.717, 1.165) is 40.0 Å². The molecular formula is C27H28FNO4S. The molecule has 0 amide bonds. The van der Waals surface area contributed by atoms with E-state index in [9.17, 15) is 24.6 Å². The SMILES string of the molecule is Cc1ccc(C2C3CC3C(CO)C(O)C(O)C2N=O)cc1Cc1ccc(-c2ccc(F)cc2)s1. The maximum atomic E-state index is 13.3. The number of halogens is 1. The first kappa shape index (κ1) is 23.3. The Morgan fingerprint density at radius 2 is 1.79 bits per heavy atom. The van der Waals surface area contributed by atoms with Crippen LogP contribution in [0, 0.1) is 35.4 Å². The van der Waals surface area contributed by atoms with Crippen molar-refractivity contribution in [1.82, 2.24) is 0 Å². The summed E-state index contributed by atoms with van der Waals surface area (Å²) < 4.78 is 13.3. The number of nitrogens with zero attached hydrogens (tertiary/aromatic N) is 1. The maximum Gasteiger partial charge on any atom is 0.127 e. The molecule has 7 unspecified atom stereocenters. The molecular weight excluding hydrogens is 453 g/mol. The topological polar surface area (TPSA) is 90.1 Å². The summed E-state index contributed by atoms with van der Waals surface area (Å²) in [5, 5.41) is 34.3. The molecule has 0 radical (unpaired) electrons. The van der Waals surface area contributed by atoms with Gasteiger partial charge in [-0.15, -0.1) is 11.3 Å². The molecule has 3 N–H and O–H groups in total. The summed E-state index contributed by atoms with van der Waals surface area (Å²) >= 11 is 1.67. The van der Waals surface area contributed by atoms with E-state index in [4.69, 9.17) is 0 Å². The highest BCUT2D eigenvalue weighted by molar-refractivity contribution is 7.15. The molecule has 1 aromatic heterocycles. The van der Waals surface area contributed by atoms with E-state index in [0.29, 0.717) is 0 Å². The van der Waals surface area contributed by atoms with Gasteiger partial charge in [-0.3, -0.25) is 0 Å². The molecule has 0 bridgehead atoms. The Kier molecular flexibility index (Phi) is 6.37. The number of nitroso groups, excluding NO2 is 1. The van der Waals surface area contributed by atoms with Crippen molar-refractivity contribution in [1.29, 1.82) is 0 Å². The van der Waals surface area contributed by atoms with Gasteiger partial charge < -0.3 is 15.3 Å². The Balaban J connectivity index is 1.43. The monoisotopic (exact) mass is 481 g/mol. The van der Waals surface area contributed by atoms with E-state index in [2.05, 4.69) is 24.2 Å². The van der Waals surface area contributed by atoms with Gasteiger partial charge in [-0.2, -0.15) is 4.91 Å². The minimum absolute atomic E-state index is 0.0757. The number of hydrogen-bond donors (Lipinski definition) is 3. The third-order valence-electron chi connectivity index (χ3n) is 7.65. The minimum Gasteiger partial charge on any atom is -0.396 e. The average molecular weight is 482 g/mol. The van der Waals surface area contributed by atoms with Crippen molar-refractivity contribution in [3.63, 3.8) is 0 Å². The number of hydrogen-bond acceptors (Lipinski definition) is 6. The maximum absolute atomic E-state index is 13.3. The summed E-state index contributed by atoms with van der Waals surface area (Å²) in [6.45, 7) is 1.84. The molecule has 5 rings (SSSR count). The predicted octanol–water partition coefficient (Wildman–Crippen LogP) is 4.65. The van der Waals surface area contributed by atoms with Gasteiger partial charge in [-0.1, -0.05) is 35.5 Å². The number of thiophene rings is 1. The van der Waals surface area contributed by atoms with Crippen LogP contribution in [-0.4, -0.2) is 40.2 Å². The van der Waals surface area contributed by atoms with E-state index in [1.165, 1.54) is 17.0 Å². The molecule has 2 aliphatic rings. The number of aryl methyl sites for hydroxylation is 1. The molecule has 34 heavy (non-hydrogen) atoms. The molecule has 2 saturated carbocycles. The van der Waals surface area contributed by atoms with Crippen LogP contribution in [0.15, 0.2) is 59.8 Å². The van der Waals surface area contributed by atoms with Crippen LogP contribution in [-0.2, 0) is 6.42 Å². The summed E-state index contributed by atoms with van der Waals surface area (Å²) in [5.41, 5.74) is 4.18. The fourth-order valence-corrected chi connectivity index (χ4v) is 6.69. The van der Waals surface area contributed by atoms with Crippen molar-refractivity contribution in [3.05, 3.63) is 86.9 Å². The van der Waals surface area contributed by atoms with Gasteiger partial charge in [0.15, 0.2) is 0 Å². The van der Waals surface area contributed by atoms with Crippen LogP contribution in [0.4, 0.5) is 4.39 Å². The molecule has 7 atom stereocenters. The van der Waals surface area contributed by atoms with Crippen LogP contribution < -0.4 is 0 Å². The summed E-state index contributed by atoms with van der Waals surface area (Å²) in [4.78, 5) is 14.1. The molecule has 178 valence electrons. The summed E-state index contributed by atoms with van der Waals surface area (Å²) in [6, 6.07) is 15.8. The first-order chi connectivity index (χ1) is 16.4. The number of fused-ring (bicyclic) bond motifs is 1.